The third-order valence-electron chi connectivity index (χ3n) is 2.80. The molecule has 1 rings (SSSR count). The van der Waals surface area contributed by atoms with Gasteiger partial charge in [0.1, 0.15) is 17.5 Å². The van der Waals surface area contributed by atoms with Crippen LogP contribution in [0.15, 0.2) is 36.9 Å². The number of carboxylic acid groups (broad SMARTS) is 1. The molecule has 1 aromatic carbocycles. The minimum absolute atomic E-state index is 0.244. The van der Waals surface area contributed by atoms with Crippen LogP contribution in [-0.2, 0) is 9.59 Å². The lowest BCUT2D eigenvalue weighted by Crippen LogP contribution is -2.42. The average Bonchev–Trinajstić information content (AvgIpc) is 2.50. The van der Waals surface area contributed by atoms with Crippen LogP contribution in [0.2, 0.25) is 0 Å². The van der Waals surface area contributed by atoms with E-state index in [0.29, 0.717) is 25.2 Å². The van der Waals surface area contributed by atoms with Gasteiger partial charge in [0.05, 0.1) is 6.61 Å². The van der Waals surface area contributed by atoms with E-state index in [-0.39, 0.29) is 6.61 Å². The van der Waals surface area contributed by atoms with Gasteiger partial charge in [-0.3, -0.25) is 4.79 Å². The average molecular weight is 307 g/mol. The van der Waals surface area contributed by atoms with E-state index in [0.717, 1.165) is 5.75 Å². The van der Waals surface area contributed by atoms with Gasteiger partial charge in [0.15, 0.2) is 6.61 Å². The first kappa shape index (κ1) is 17.6. The number of benzene rings is 1. The number of carbonyl (C=O) groups is 2. The first-order valence-corrected chi connectivity index (χ1v) is 7.05. The lowest BCUT2D eigenvalue weighted by atomic mass is 10.1. The third kappa shape index (κ3) is 6.30. The molecule has 0 heterocycles. The molecule has 0 aliphatic carbocycles. The summed E-state index contributed by atoms with van der Waals surface area (Å²) in [5.74, 6) is -0.326. The summed E-state index contributed by atoms with van der Waals surface area (Å²) in [7, 11) is 0. The molecule has 0 aliphatic rings. The largest absolute Gasteiger partial charge is 0.494 e. The lowest BCUT2D eigenvalue weighted by molar-refractivity contribution is -0.142. The van der Waals surface area contributed by atoms with E-state index in [1.165, 1.54) is 0 Å². The molecule has 1 aromatic rings. The van der Waals surface area contributed by atoms with Gasteiger partial charge in [-0.2, -0.15) is 0 Å². The predicted molar refractivity (Wildman–Crippen MR) is 82.1 cm³/mol. The zero-order valence-electron chi connectivity index (χ0n) is 12.6. The van der Waals surface area contributed by atoms with Crippen LogP contribution in [0.1, 0.15) is 19.8 Å². The van der Waals surface area contributed by atoms with Crippen molar-refractivity contribution in [1.29, 1.82) is 0 Å². The maximum atomic E-state index is 11.7. The Labute approximate surface area is 129 Å². The Bertz CT molecular complexity index is 498. The molecule has 6 nitrogen and oxygen atoms in total. The van der Waals surface area contributed by atoms with Crippen molar-refractivity contribution in [1.82, 2.24) is 5.32 Å². The standard InChI is InChI=1S/C16H21NO5/c1-3-5-6-14(16(19)20)17-15(18)11-22-13-9-7-12(8-10-13)21-4-2/h3,7-10,14H,1,4-6,11H2,2H3,(H,17,18)(H,19,20). The molecule has 0 aliphatic heterocycles. The van der Waals surface area contributed by atoms with Gasteiger partial charge in [0.25, 0.3) is 5.91 Å². The van der Waals surface area contributed by atoms with E-state index in [2.05, 4.69) is 11.9 Å². The van der Waals surface area contributed by atoms with E-state index >= 15 is 0 Å². The number of carboxylic acids is 1. The zero-order valence-corrected chi connectivity index (χ0v) is 12.6. The number of allylic oxidation sites excluding steroid dienone is 1. The van der Waals surface area contributed by atoms with Crippen molar-refractivity contribution in [2.24, 2.45) is 0 Å². The summed E-state index contributed by atoms with van der Waals surface area (Å²) in [6, 6.07) is 5.91. The second-order valence-corrected chi connectivity index (χ2v) is 4.52. The van der Waals surface area contributed by atoms with E-state index in [9.17, 15) is 9.59 Å². The van der Waals surface area contributed by atoms with Gasteiger partial charge in [-0.05, 0) is 44.0 Å². The predicted octanol–water partition coefficient (Wildman–Crippen LogP) is 2.00. The van der Waals surface area contributed by atoms with E-state index in [1.54, 1.807) is 30.3 Å². The minimum atomic E-state index is -1.07. The van der Waals surface area contributed by atoms with Gasteiger partial charge in [0, 0.05) is 0 Å². The molecule has 0 spiro atoms. The van der Waals surface area contributed by atoms with Crippen LogP contribution in [0, 0.1) is 0 Å². The Kier molecular flexibility index (Phi) is 7.53. The summed E-state index contributed by atoms with van der Waals surface area (Å²) < 4.78 is 10.6. The molecule has 1 unspecified atom stereocenters. The van der Waals surface area contributed by atoms with Crippen LogP contribution in [0.3, 0.4) is 0 Å². The minimum Gasteiger partial charge on any atom is -0.494 e. The molecular formula is C16H21NO5. The van der Waals surface area contributed by atoms with Crippen LogP contribution >= 0.6 is 0 Å². The number of amides is 1. The molecule has 1 atom stereocenters. The molecule has 0 fully saturated rings. The molecular weight excluding hydrogens is 286 g/mol. The Hall–Kier alpha value is -2.50. The highest BCUT2D eigenvalue weighted by Gasteiger charge is 2.19. The second-order valence-electron chi connectivity index (χ2n) is 4.52. The van der Waals surface area contributed by atoms with Crippen LogP contribution in [0.5, 0.6) is 11.5 Å². The number of rotatable bonds is 10. The topological polar surface area (TPSA) is 84.9 Å². The monoisotopic (exact) mass is 307 g/mol. The van der Waals surface area contributed by atoms with Crippen LogP contribution < -0.4 is 14.8 Å². The van der Waals surface area contributed by atoms with Crippen molar-refractivity contribution in [3.8, 4) is 11.5 Å². The lowest BCUT2D eigenvalue weighted by Gasteiger charge is -2.14. The quantitative estimate of drug-likeness (QED) is 0.646. The van der Waals surface area contributed by atoms with Gasteiger partial charge in [0.2, 0.25) is 0 Å². The van der Waals surface area contributed by atoms with Crippen molar-refractivity contribution < 1.29 is 24.2 Å². The highest BCUT2D eigenvalue weighted by Crippen LogP contribution is 2.17. The van der Waals surface area contributed by atoms with E-state index in [1.807, 2.05) is 6.92 Å². The second kappa shape index (κ2) is 9.44. The Morgan fingerprint density at radius 1 is 1.27 bits per heavy atom. The van der Waals surface area contributed by atoms with Crippen molar-refractivity contribution in [3.05, 3.63) is 36.9 Å². The normalized spacial score (nSPS) is 11.3. The fourth-order valence-corrected chi connectivity index (χ4v) is 1.73. The van der Waals surface area contributed by atoms with Gasteiger partial charge in [-0.15, -0.1) is 6.58 Å². The Balaban J connectivity index is 2.43. The van der Waals surface area contributed by atoms with Crippen molar-refractivity contribution in [2.75, 3.05) is 13.2 Å². The highest BCUT2D eigenvalue weighted by atomic mass is 16.5. The molecule has 22 heavy (non-hydrogen) atoms. The first-order valence-electron chi connectivity index (χ1n) is 7.05. The van der Waals surface area contributed by atoms with Gasteiger partial charge in [-0.25, -0.2) is 4.79 Å². The van der Waals surface area contributed by atoms with Crippen molar-refractivity contribution in [3.63, 3.8) is 0 Å². The summed E-state index contributed by atoms with van der Waals surface area (Å²) in [6.07, 6.45) is 2.42. The summed E-state index contributed by atoms with van der Waals surface area (Å²) in [6.45, 7) is 5.74. The molecule has 0 radical (unpaired) electrons. The molecule has 1 amide bonds. The molecule has 0 saturated heterocycles. The van der Waals surface area contributed by atoms with Crippen LogP contribution in [0.4, 0.5) is 0 Å². The first-order chi connectivity index (χ1) is 10.6. The number of nitrogens with one attached hydrogen (secondary N) is 1. The molecule has 2 N–H and O–H groups in total. The van der Waals surface area contributed by atoms with E-state index in [4.69, 9.17) is 14.6 Å². The van der Waals surface area contributed by atoms with Crippen molar-refractivity contribution >= 4 is 11.9 Å². The number of carbonyl (C=O) groups excluding carboxylic acids is 1. The molecule has 0 saturated carbocycles. The summed E-state index contributed by atoms with van der Waals surface area (Å²) in [5.41, 5.74) is 0. The molecule has 6 heteroatoms. The van der Waals surface area contributed by atoms with Crippen LogP contribution in [-0.4, -0.2) is 36.2 Å². The summed E-state index contributed by atoms with van der Waals surface area (Å²) in [4.78, 5) is 22.7. The smallest absolute Gasteiger partial charge is 0.326 e. The summed E-state index contributed by atoms with van der Waals surface area (Å²) >= 11 is 0. The van der Waals surface area contributed by atoms with Gasteiger partial charge >= 0.3 is 5.97 Å². The highest BCUT2D eigenvalue weighted by molar-refractivity contribution is 5.84. The fraction of sp³-hybridized carbons (Fsp3) is 0.375. The molecule has 0 aromatic heterocycles. The SMILES string of the molecule is C=CCCC(NC(=O)COc1ccc(OCC)cc1)C(=O)O. The third-order valence-corrected chi connectivity index (χ3v) is 2.80. The van der Waals surface area contributed by atoms with Gasteiger partial charge < -0.3 is 19.9 Å². The molecule has 0 bridgehead atoms. The van der Waals surface area contributed by atoms with E-state index < -0.39 is 17.9 Å². The number of hydrogen-bond acceptors (Lipinski definition) is 4. The maximum absolute atomic E-state index is 11.7. The molecule has 120 valence electrons. The maximum Gasteiger partial charge on any atom is 0.326 e. The summed E-state index contributed by atoms with van der Waals surface area (Å²) in [5, 5.41) is 11.4. The number of hydrogen-bond donors (Lipinski definition) is 2. The Morgan fingerprint density at radius 2 is 1.86 bits per heavy atom. The Morgan fingerprint density at radius 3 is 2.36 bits per heavy atom. The fourth-order valence-electron chi connectivity index (χ4n) is 1.73. The number of ether oxygens (including phenoxy) is 2. The zero-order chi connectivity index (χ0) is 16.4. The number of aliphatic carboxylic acids is 1. The van der Waals surface area contributed by atoms with Gasteiger partial charge in [-0.1, -0.05) is 6.08 Å². The van der Waals surface area contributed by atoms with Crippen LogP contribution in [0.25, 0.3) is 0 Å². The van der Waals surface area contributed by atoms with Crippen molar-refractivity contribution in [2.45, 2.75) is 25.8 Å².